The Labute approximate surface area is 133 Å². The summed E-state index contributed by atoms with van der Waals surface area (Å²) in [5, 5.41) is 3.61. The Bertz CT molecular complexity index is 581. The van der Waals surface area contributed by atoms with E-state index in [4.69, 9.17) is 4.74 Å². The molecule has 1 saturated heterocycles. The van der Waals surface area contributed by atoms with Crippen molar-refractivity contribution in [3.05, 3.63) is 29.8 Å². The molecule has 2 rings (SSSR count). The second kappa shape index (κ2) is 7.44. The Balaban J connectivity index is 1.82. The molecule has 0 amide bonds. The molecule has 1 aromatic carbocycles. The van der Waals surface area contributed by atoms with Gasteiger partial charge in [0.25, 0.3) is 0 Å². The zero-order chi connectivity index (χ0) is 16.2. The van der Waals surface area contributed by atoms with Crippen molar-refractivity contribution in [3.8, 4) is 5.75 Å². The molecule has 1 aromatic rings. The molecular formula is C16H26N2O3S. The van der Waals surface area contributed by atoms with Gasteiger partial charge in [0.1, 0.15) is 5.75 Å². The van der Waals surface area contributed by atoms with Gasteiger partial charge in [0.05, 0.1) is 13.4 Å². The summed E-state index contributed by atoms with van der Waals surface area (Å²) in [4.78, 5) is 0. The van der Waals surface area contributed by atoms with Crippen molar-refractivity contribution in [1.82, 2.24) is 9.62 Å². The summed E-state index contributed by atoms with van der Waals surface area (Å²) in [5.74, 6) is 0.881. The van der Waals surface area contributed by atoms with Gasteiger partial charge in [0.15, 0.2) is 0 Å². The monoisotopic (exact) mass is 326 g/mol. The van der Waals surface area contributed by atoms with E-state index in [2.05, 4.69) is 24.4 Å². The number of nitrogens with one attached hydrogen (secondary N) is 1. The van der Waals surface area contributed by atoms with Crippen molar-refractivity contribution in [2.75, 3.05) is 26.5 Å². The van der Waals surface area contributed by atoms with Crippen LogP contribution in [0.25, 0.3) is 0 Å². The van der Waals surface area contributed by atoms with Gasteiger partial charge in [-0.25, -0.2) is 12.7 Å². The number of methoxy groups -OCH3 is 1. The van der Waals surface area contributed by atoms with Crippen LogP contribution < -0.4 is 10.1 Å². The van der Waals surface area contributed by atoms with E-state index < -0.39 is 10.0 Å². The van der Waals surface area contributed by atoms with Crippen LogP contribution in [-0.2, 0) is 16.4 Å². The number of rotatable bonds is 6. The second-order valence-corrected chi connectivity index (χ2v) is 8.04. The van der Waals surface area contributed by atoms with E-state index in [9.17, 15) is 8.42 Å². The number of nitrogens with zero attached hydrogens (tertiary/aromatic N) is 1. The molecule has 22 heavy (non-hydrogen) atoms. The molecular weight excluding hydrogens is 300 g/mol. The van der Waals surface area contributed by atoms with Crippen LogP contribution in [-0.4, -0.2) is 51.3 Å². The molecule has 0 aliphatic carbocycles. The van der Waals surface area contributed by atoms with Crippen molar-refractivity contribution in [2.24, 2.45) is 0 Å². The van der Waals surface area contributed by atoms with Crippen LogP contribution in [0.4, 0.5) is 0 Å². The fourth-order valence-electron chi connectivity index (χ4n) is 2.97. The van der Waals surface area contributed by atoms with Crippen LogP contribution in [0, 0.1) is 0 Å². The van der Waals surface area contributed by atoms with Crippen molar-refractivity contribution in [3.63, 3.8) is 0 Å². The Morgan fingerprint density at radius 1 is 1.36 bits per heavy atom. The summed E-state index contributed by atoms with van der Waals surface area (Å²) >= 11 is 0. The predicted octanol–water partition coefficient (Wildman–Crippen LogP) is 1.64. The molecule has 0 aromatic heterocycles. The van der Waals surface area contributed by atoms with Crippen LogP contribution >= 0.6 is 0 Å². The quantitative estimate of drug-likeness (QED) is 0.863. The molecule has 124 valence electrons. The number of benzene rings is 1. The number of sulfonamides is 1. The summed E-state index contributed by atoms with van der Waals surface area (Å²) in [6.07, 6.45) is 3.96. The third kappa shape index (κ3) is 4.97. The maximum atomic E-state index is 11.5. The number of ether oxygens (including phenoxy) is 1. The maximum absolute atomic E-state index is 11.5. The van der Waals surface area contributed by atoms with Gasteiger partial charge in [-0.15, -0.1) is 0 Å². The van der Waals surface area contributed by atoms with Crippen molar-refractivity contribution in [1.29, 1.82) is 0 Å². The summed E-state index contributed by atoms with van der Waals surface area (Å²) in [6, 6.07) is 8.85. The van der Waals surface area contributed by atoms with Crippen LogP contribution in [0.2, 0.25) is 0 Å². The molecule has 1 aliphatic heterocycles. The third-order valence-corrected chi connectivity index (χ3v) is 5.42. The lowest BCUT2D eigenvalue weighted by atomic mass is 10.0. The van der Waals surface area contributed by atoms with Gasteiger partial charge in [-0.1, -0.05) is 12.1 Å². The summed E-state index contributed by atoms with van der Waals surface area (Å²) < 4.78 is 29.8. The van der Waals surface area contributed by atoms with Gasteiger partial charge in [0.2, 0.25) is 10.0 Å². The Morgan fingerprint density at radius 2 is 2.05 bits per heavy atom. The summed E-state index contributed by atoms with van der Waals surface area (Å²) in [7, 11) is -1.37. The minimum absolute atomic E-state index is 0.349. The lowest BCUT2D eigenvalue weighted by Crippen LogP contribution is -2.47. The Kier molecular flexibility index (Phi) is 5.83. The van der Waals surface area contributed by atoms with Crippen LogP contribution in [0.1, 0.15) is 25.3 Å². The second-order valence-electron chi connectivity index (χ2n) is 6.06. The fourth-order valence-corrected chi connectivity index (χ4v) is 3.84. The largest absolute Gasteiger partial charge is 0.497 e. The van der Waals surface area contributed by atoms with E-state index in [1.807, 2.05) is 12.1 Å². The van der Waals surface area contributed by atoms with Gasteiger partial charge in [-0.2, -0.15) is 0 Å². The Hall–Kier alpha value is -1.11. The zero-order valence-electron chi connectivity index (χ0n) is 13.6. The standard InChI is InChI=1S/C16H26N2O3S/c1-13(11-14-5-4-6-16(12-14)21-2)17-15-7-9-18(10-8-15)22(3,19)20/h4-6,12-13,15,17H,7-11H2,1-3H3/t13-/m0/s1. The van der Waals surface area contributed by atoms with Crippen molar-refractivity contribution >= 4 is 10.0 Å². The Morgan fingerprint density at radius 3 is 2.64 bits per heavy atom. The molecule has 0 spiro atoms. The lowest BCUT2D eigenvalue weighted by Gasteiger charge is -2.32. The minimum Gasteiger partial charge on any atom is -0.497 e. The molecule has 0 saturated carbocycles. The smallest absolute Gasteiger partial charge is 0.211 e. The highest BCUT2D eigenvalue weighted by atomic mass is 32.2. The van der Waals surface area contributed by atoms with E-state index in [0.29, 0.717) is 25.2 Å². The van der Waals surface area contributed by atoms with E-state index in [1.54, 1.807) is 11.4 Å². The number of hydrogen-bond donors (Lipinski definition) is 1. The van der Waals surface area contributed by atoms with E-state index >= 15 is 0 Å². The van der Waals surface area contributed by atoms with Crippen LogP contribution in [0.3, 0.4) is 0 Å². The first-order valence-corrected chi connectivity index (χ1v) is 9.57. The molecule has 1 atom stereocenters. The first-order chi connectivity index (χ1) is 10.4. The molecule has 6 heteroatoms. The molecule has 1 N–H and O–H groups in total. The van der Waals surface area contributed by atoms with Gasteiger partial charge in [-0.3, -0.25) is 0 Å². The molecule has 1 aliphatic rings. The molecule has 1 heterocycles. The SMILES string of the molecule is COc1cccc(C[C@H](C)NC2CCN(S(C)(=O)=O)CC2)c1. The zero-order valence-corrected chi connectivity index (χ0v) is 14.4. The first-order valence-electron chi connectivity index (χ1n) is 7.72. The maximum Gasteiger partial charge on any atom is 0.211 e. The number of piperidine rings is 1. The van der Waals surface area contributed by atoms with E-state index in [-0.39, 0.29) is 0 Å². The van der Waals surface area contributed by atoms with Crippen molar-refractivity contribution in [2.45, 2.75) is 38.3 Å². The average molecular weight is 326 g/mol. The highest BCUT2D eigenvalue weighted by Crippen LogP contribution is 2.16. The molecule has 1 fully saturated rings. The number of hydrogen-bond acceptors (Lipinski definition) is 4. The lowest BCUT2D eigenvalue weighted by molar-refractivity contribution is 0.277. The van der Waals surface area contributed by atoms with Gasteiger partial charge < -0.3 is 10.1 Å². The topological polar surface area (TPSA) is 58.6 Å². The predicted molar refractivity (Wildman–Crippen MR) is 88.7 cm³/mol. The molecule has 0 radical (unpaired) electrons. The molecule has 0 bridgehead atoms. The third-order valence-electron chi connectivity index (χ3n) is 4.12. The van der Waals surface area contributed by atoms with Gasteiger partial charge in [-0.05, 0) is 43.9 Å². The van der Waals surface area contributed by atoms with Crippen molar-refractivity contribution < 1.29 is 13.2 Å². The average Bonchev–Trinajstić information content (AvgIpc) is 2.47. The highest BCUT2D eigenvalue weighted by Gasteiger charge is 2.25. The normalized spacial score (nSPS) is 19.0. The fraction of sp³-hybridized carbons (Fsp3) is 0.625. The highest BCUT2D eigenvalue weighted by molar-refractivity contribution is 7.88. The van der Waals surface area contributed by atoms with E-state index in [1.165, 1.54) is 11.8 Å². The van der Waals surface area contributed by atoms with Gasteiger partial charge in [0, 0.05) is 25.2 Å². The summed E-state index contributed by atoms with van der Waals surface area (Å²) in [6.45, 7) is 3.40. The van der Waals surface area contributed by atoms with E-state index in [0.717, 1.165) is 25.0 Å². The first kappa shape index (κ1) is 17.2. The molecule has 0 unspecified atom stereocenters. The van der Waals surface area contributed by atoms with Crippen LogP contribution in [0.15, 0.2) is 24.3 Å². The van der Waals surface area contributed by atoms with Crippen LogP contribution in [0.5, 0.6) is 5.75 Å². The molecule has 5 nitrogen and oxygen atoms in total. The van der Waals surface area contributed by atoms with Gasteiger partial charge >= 0.3 is 0 Å². The summed E-state index contributed by atoms with van der Waals surface area (Å²) in [5.41, 5.74) is 1.24. The minimum atomic E-state index is -3.04.